The third-order valence-electron chi connectivity index (χ3n) is 1.96. The van der Waals surface area contributed by atoms with Gasteiger partial charge in [-0.15, -0.1) is 0 Å². The van der Waals surface area contributed by atoms with Crippen LogP contribution in [0.25, 0.3) is 0 Å². The SMILES string of the molecule is COCCOCCn1nc(C(=O)O)ccc1=O. The molecule has 17 heavy (non-hydrogen) atoms. The van der Waals surface area contributed by atoms with E-state index in [0.717, 1.165) is 4.68 Å². The van der Waals surface area contributed by atoms with Crippen LogP contribution in [0.3, 0.4) is 0 Å². The van der Waals surface area contributed by atoms with Crippen LogP contribution in [0.15, 0.2) is 16.9 Å². The van der Waals surface area contributed by atoms with Gasteiger partial charge in [0.15, 0.2) is 5.69 Å². The average Bonchev–Trinajstić information content (AvgIpc) is 2.30. The fraction of sp³-hybridized carbons (Fsp3) is 0.500. The molecule has 0 aromatic carbocycles. The summed E-state index contributed by atoms with van der Waals surface area (Å²) in [6.07, 6.45) is 0. The summed E-state index contributed by atoms with van der Waals surface area (Å²) in [5, 5.41) is 12.4. The molecule has 0 radical (unpaired) electrons. The summed E-state index contributed by atoms with van der Waals surface area (Å²) in [5.74, 6) is -1.17. The second kappa shape index (κ2) is 6.77. The Hall–Kier alpha value is -1.73. The van der Waals surface area contributed by atoms with Crippen LogP contribution in [0.1, 0.15) is 10.5 Å². The number of aromatic carboxylic acids is 1. The normalized spacial score (nSPS) is 10.4. The maximum absolute atomic E-state index is 11.3. The summed E-state index contributed by atoms with van der Waals surface area (Å²) in [4.78, 5) is 22.0. The van der Waals surface area contributed by atoms with Crippen molar-refractivity contribution in [2.45, 2.75) is 6.54 Å². The Bertz CT molecular complexity index is 429. The molecule has 1 aromatic rings. The van der Waals surface area contributed by atoms with Gasteiger partial charge in [-0.25, -0.2) is 9.48 Å². The molecule has 1 heterocycles. The Morgan fingerprint density at radius 2 is 2.18 bits per heavy atom. The third-order valence-corrected chi connectivity index (χ3v) is 1.96. The molecule has 1 rings (SSSR count). The van der Waals surface area contributed by atoms with Crippen LogP contribution < -0.4 is 5.56 Å². The number of carboxylic acids is 1. The Morgan fingerprint density at radius 1 is 1.41 bits per heavy atom. The van der Waals surface area contributed by atoms with Gasteiger partial charge in [0.05, 0.1) is 26.4 Å². The highest BCUT2D eigenvalue weighted by Crippen LogP contribution is 1.90. The van der Waals surface area contributed by atoms with E-state index < -0.39 is 5.97 Å². The Balaban J connectivity index is 2.55. The van der Waals surface area contributed by atoms with Crippen LogP contribution >= 0.6 is 0 Å². The molecule has 0 aliphatic heterocycles. The van der Waals surface area contributed by atoms with Crippen LogP contribution in [-0.2, 0) is 16.0 Å². The van der Waals surface area contributed by atoms with Gasteiger partial charge < -0.3 is 14.6 Å². The number of hydrogen-bond donors (Lipinski definition) is 1. The van der Waals surface area contributed by atoms with Crippen molar-refractivity contribution in [3.05, 3.63) is 28.2 Å². The number of nitrogens with zero attached hydrogens (tertiary/aromatic N) is 2. The van der Waals surface area contributed by atoms with E-state index in [1.807, 2.05) is 0 Å². The number of hydrogen-bond acceptors (Lipinski definition) is 5. The molecule has 7 nitrogen and oxygen atoms in total. The van der Waals surface area contributed by atoms with Crippen molar-refractivity contribution in [3.8, 4) is 0 Å². The molecule has 0 unspecified atom stereocenters. The highest BCUT2D eigenvalue weighted by molar-refractivity contribution is 5.84. The molecule has 0 amide bonds. The van der Waals surface area contributed by atoms with Gasteiger partial charge in [-0.2, -0.15) is 5.10 Å². The van der Waals surface area contributed by atoms with Gasteiger partial charge in [0.25, 0.3) is 5.56 Å². The summed E-state index contributed by atoms with van der Waals surface area (Å²) in [6.45, 7) is 1.38. The van der Waals surface area contributed by atoms with Gasteiger partial charge in [-0.1, -0.05) is 0 Å². The number of rotatable bonds is 7. The van der Waals surface area contributed by atoms with Crippen LogP contribution in [0.4, 0.5) is 0 Å². The molecule has 0 aliphatic carbocycles. The minimum absolute atomic E-state index is 0.165. The Morgan fingerprint density at radius 3 is 2.82 bits per heavy atom. The van der Waals surface area contributed by atoms with E-state index in [2.05, 4.69) is 5.10 Å². The zero-order valence-corrected chi connectivity index (χ0v) is 9.46. The molecule has 0 saturated carbocycles. The predicted octanol–water partition coefficient (Wildman–Crippen LogP) is -0.395. The van der Waals surface area contributed by atoms with E-state index in [9.17, 15) is 9.59 Å². The van der Waals surface area contributed by atoms with Crippen LogP contribution in [0, 0.1) is 0 Å². The molecular weight excluding hydrogens is 228 g/mol. The van der Waals surface area contributed by atoms with Crippen molar-refractivity contribution in [1.29, 1.82) is 0 Å². The van der Waals surface area contributed by atoms with Crippen molar-refractivity contribution in [1.82, 2.24) is 9.78 Å². The number of ether oxygens (including phenoxy) is 2. The van der Waals surface area contributed by atoms with E-state index in [1.54, 1.807) is 7.11 Å². The summed E-state index contributed by atoms with van der Waals surface area (Å²) in [7, 11) is 1.56. The molecule has 0 saturated heterocycles. The first-order valence-electron chi connectivity index (χ1n) is 5.03. The summed E-state index contributed by atoms with van der Waals surface area (Å²) < 4.78 is 11.0. The van der Waals surface area contributed by atoms with Gasteiger partial charge >= 0.3 is 5.97 Å². The van der Waals surface area contributed by atoms with Gasteiger partial charge in [0.1, 0.15) is 0 Å². The molecule has 94 valence electrons. The summed E-state index contributed by atoms with van der Waals surface area (Å²) in [5.41, 5.74) is -0.521. The lowest BCUT2D eigenvalue weighted by Gasteiger charge is -2.06. The van der Waals surface area contributed by atoms with Gasteiger partial charge in [0.2, 0.25) is 0 Å². The quantitative estimate of drug-likeness (QED) is 0.654. The smallest absolute Gasteiger partial charge is 0.356 e. The maximum atomic E-state index is 11.3. The Labute approximate surface area is 97.6 Å². The number of carbonyl (C=O) groups is 1. The Kier molecular flexibility index (Phi) is 5.31. The average molecular weight is 242 g/mol. The van der Waals surface area contributed by atoms with Crippen LogP contribution in [0.5, 0.6) is 0 Å². The number of carboxylic acid groups (broad SMARTS) is 1. The molecule has 0 atom stereocenters. The molecule has 0 fully saturated rings. The predicted molar refractivity (Wildman–Crippen MR) is 58.2 cm³/mol. The van der Waals surface area contributed by atoms with Crippen LogP contribution in [-0.4, -0.2) is 47.8 Å². The van der Waals surface area contributed by atoms with E-state index in [1.165, 1.54) is 12.1 Å². The maximum Gasteiger partial charge on any atom is 0.356 e. The second-order valence-electron chi connectivity index (χ2n) is 3.19. The van der Waals surface area contributed by atoms with E-state index in [0.29, 0.717) is 13.2 Å². The zero-order chi connectivity index (χ0) is 12.7. The fourth-order valence-electron chi connectivity index (χ4n) is 1.12. The molecule has 1 N–H and O–H groups in total. The molecule has 7 heteroatoms. The first kappa shape index (κ1) is 13.3. The lowest BCUT2D eigenvalue weighted by molar-refractivity contribution is 0.0636. The summed E-state index contributed by atoms with van der Waals surface area (Å²) in [6, 6.07) is 2.35. The largest absolute Gasteiger partial charge is 0.476 e. The van der Waals surface area contributed by atoms with Crippen molar-refractivity contribution >= 4 is 5.97 Å². The van der Waals surface area contributed by atoms with Crippen molar-refractivity contribution in [3.63, 3.8) is 0 Å². The lowest BCUT2D eigenvalue weighted by Crippen LogP contribution is -2.26. The van der Waals surface area contributed by atoms with Crippen molar-refractivity contribution in [2.24, 2.45) is 0 Å². The zero-order valence-electron chi connectivity index (χ0n) is 9.46. The van der Waals surface area contributed by atoms with E-state index in [4.69, 9.17) is 14.6 Å². The number of methoxy groups -OCH3 is 1. The first-order chi connectivity index (χ1) is 8.15. The monoisotopic (exact) mass is 242 g/mol. The lowest BCUT2D eigenvalue weighted by atomic mass is 10.4. The highest BCUT2D eigenvalue weighted by atomic mass is 16.5. The molecular formula is C10H14N2O5. The molecule has 0 aliphatic rings. The van der Waals surface area contributed by atoms with Crippen molar-refractivity contribution in [2.75, 3.05) is 26.9 Å². The third kappa shape index (κ3) is 4.33. The second-order valence-corrected chi connectivity index (χ2v) is 3.19. The summed E-state index contributed by atoms with van der Waals surface area (Å²) >= 11 is 0. The molecule has 1 aromatic heterocycles. The highest BCUT2D eigenvalue weighted by Gasteiger charge is 2.06. The molecule has 0 bridgehead atoms. The van der Waals surface area contributed by atoms with Gasteiger partial charge in [0, 0.05) is 13.2 Å². The fourth-order valence-corrected chi connectivity index (χ4v) is 1.12. The van der Waals surface area contributed by atoms with E-state index in [-0.39, 0.29) is 24.4 Å². The first-order valence-corrected chi connectivity index (χ1v) is 5.03. The minimum Gasteiger partial charge on any atom is -0.476 e. The van der Waals surface area contributed by atoms with Crippen LogP contribution in [0.2, 0.25) is 0 Å². The topological polar surface area (TPSA) is 90.7 Å². The standard InChI is InChI=1S/C10H14N2O5/c1-16-6-7-17-5-4-12-9(13)3-2-8(11-12)10(14)15/h2-3H,4-7H2,1H3,(H,14,15). The van der Waals surface area contributed by atoms with Crippen molar-refractivity contribution < 1.29 is 19.4 Å². The minimum atomic E-state index is -1.17. The number of aromatic nitrogens is 2. The van der Waals surface area contributed by atoms with Gasteiger partial charge in [-0.3, -0.25) is 4.79 Å². The van der Waals surface area contributed by atoms with E-state index >= 15 is 0 Å². The van der Waals surface area contributed by atoms with Gasteiger partial charge in [-0.05, 0) is 6.07 Å². The molecule has 0 spiro atoms.